The first-order valence-electron chi connectivity index (χ1n) is 3.19. The number of hydroxylamine groups is 2. The summed E-state index contributed by atoms with van der Waals surface area (Å²) in [4.78, 5) is 15.2. The molecule has 0 aliphatic heterocycles. The highest BCUT2D eigenvalue weighted by Gasteiger charge is 2.11. The molecule has 60 valence electrons. The topological polar surface area (TPSA) is 49.8 Å². The van der Waals surface area contributed by atoms with Crippen LogP contribution in [-0.2, 0) is 9.63 Å². The molecule has 4 nitrogen and oxygen atoms in total. The van der Waals surface area contributed by atoms with Gasteiger partial charge >= 0.3 is 5.97 Å². The fraction of sp³-hybridized carbons (Fsp3) is 0.833. The Morgan fingerprint density at radius 3 is 2.60 bits per heavy atom. The predicted molar refractivity (Wildman–Crippen MR) is 36.1 cm³/mol. The van der Waals surface area contributed by atoms with Crippen LogP contribution in [0.25, 0.3) is 0 Å². The second kappa shape index (κ2) is 4.24. The summed E-state index contributed by atoms with van der Waals surface area (Å²) in [6.45, 7) is 3.82. The Kier molecular flexibility index (Phi) is 3.99. The third kappa shape index (κ3) is 3.42. The molecule has 0 amide bonds. The molecule has 0 fully saturated rings. The lowest BCUT2D eigenvalue weighted by Crippen LogP contribution is -2.28. The van der Waals surface area contributed by atoms with Crippen LogP contribution in [0.2, 0.25) is 0 Å². The van der Waals surface area contributed by atoms with Gasteiger partial charge in [0.2, 0.25) is 0 Å². The summed E-state index contributed by atoms with van der Waals surface area (Å²) in [6, 6.07) is 0. The van der Waals surface area contributed by atoms with Crippen molar-refractivity contribution in [2.45, 2.75) is 20.0 Å². The van der Waals surface area contributed by atoms with Gasteiger partial charge in [0, 0.05) is 13.6 Å². The van der Waals surface area contributed by atoms with Crippen LogP contribution in [0.1, 0.15) is 13.8 Å². The molecule has 0 aromatic carbocycles. The fourth-order valence-electron chi connectivity index (χ4n) is 0.294. The quantitative estimate of drug-likeness (QED) is 0.560. The van der Waals surface area contributed by atoms with Crippen LogP contribution >= 0.6 is 0 Å². The average Bonchev–Trinajstić information content (AvgIpc) is 1.87. The first kappa shape index (κ1) is 9.39. The molecule has 10 heavy (non-hydrogen) atoms. The van der Waals surface area contributed by atoms with Crippen molar-refractivity contribution in [1.82, 2.24) is 5.06 Å². The van der Waals surface area contributed by atoms with Gasteiger partial charge in [-0.15, -0.1) is 5.06 Å². The number of hydrogen-bond acceptors (Lipinski definition) is 4. The molecule has 0 saturated carbocycles. The minimum Gasteiger partial charge on any atom is -0.382 e. The van der Waals surface area contributed by atoms with Crippen LogP contribution in [-0.4, -0.2) is 35.8 Å². The van der Waals surface area contributed by atoms with E-state index in [9.17, 15) is 4.79 Å². The van der Waals surface area contributed by atoms with Gasteiger partial charge in [-0.2, -0.15) is 0 Å². The molecule has 1 N–H and O–H groups in total. The first-order chi connectivity index (χ1) is 4.57. The minimum absolute atomic E-state index is 0.610. The molecule has 0 spiro atoms. The average molecular weight is 147 g/mol. The maximum atomic E-state index is 10.6. The standard InChI is InChI=1S/C6H13NO3/c1-4-7(3)10-6(9)5(2)8/h5,8H,4H2,1-3H3. The summed E-state index contributed by atoms with van der Waals surface area (Å²) in [5.74, 6) is -0.621. The highest BCUT2D eigenvalue weighted by molar-refractivity contribution is 5.73. The van der Waals surface area contributed by atoms with Crippen molar-refractivity contribution in [2.24, 2.45) is 0 Å². The summed E-state index contributed by atoms with van der Waals surface area (Å²) in [5.41, 5.74) is 0. The van der Waals surface area contributed by atoms with Gasteiger partial charge in [0.15, 0.2) is 6.10 Å². The van der Waals surface area contributed by atoms with Gasteiger partial charge in [-0.05, 0) is 13.8 Å². The van der Waals surface area contributed by atoms with Crippen molar-refractivity contribution in [3.63, 3.8) is 0 Å². The number of aliphatic hydroxyl groups is 1. The minimum atomic E-state index is -1.05. The van der Waals surface area contributed by atoms with E-state index in [2.05, 4.69) is 4.84 Å². The maximum Gasteiger partial charge on any atom is 0.353 e. The smallest absolute Gasteiger partial charge is 0.353 e. The van der Waals surface area contributed by atoms with Gasteiger partial charge < -0.3 is 9.94 Å². The van der Waals surface area contributed by atoms with Crippen LogP contribution in [0, 0.1) is 0 Å². The van der Waals surface area contributed by atoms with E-state index >= 15 is 0 Å². The second-order valence-electron chi connectivity index (χ2n) is 2.03. The van der Waals surface area contributed by atoms with Crippen LogP contribution in [0.3, 0.4) is 0 Å². The molecule has 1 atom stereocenters. The zero-order valence-corrected chi connectivity index (χ0v) is 6.50. The van der Waals surface area contributed by atoms with Crippen LogP contribution in [0.15, 0.2) is 0 Å². The van der Waals surface area contributed by atoms with Crippen molar-refractivity contribution in [2.75, 3.05) is 13.6 Å². The monoisotopic (exact) mass is 147 g/mol. The Balaban J connectivity index is 3.57. The molecule has 0 aliphatic carbocycles. The third-order valence-electron chi connectivity index (χ3n) is 1.03. The molecular formula is C6H13NO3. The number of rotatable bonds is 3. The van der Waals surface area contributed by atoms with Crippen molar-refractivity contribution in [3.8, 4) is 0 Å². The van der Waals surface area contributed by atoms with E-state index in [-0.39, 0.29) is 0 Å². The Morgan fingerprint density at radius 2 is 2.30 bits per heavy atom. The molecular weight excluding hydrogens is 134 g/mol. The first-order valence-corrected chi connectivity index (χ1v) is 3.19. The Morgan fingerprint density at radius 1 is 1.80 bits per heavy atom. The number of carbonyl (C=O) groups is 1. The molecule has 0 aromatic heterocycles. The summed E-state index contributed by atoms with van der Waals surface area (Å²) < 4.78 is 0. The highest BCUT2D eigenvalue weighted by Crippen LogP contribution is 1.89. The second-order valence-corrected chi connectivity index (χ2v) is 2.03. The van der Waals surface area contributed by atoms with E-state index in [0.29, 0.717) is 6.54 Å². The van der Waals surface area contributed by atoms with Gasteiger partial charge in [-0.25, -0.2) is 4.79 Å². The van der Waals surface area contributed by atoms with Crippen LogP contribution in [0.4, 0.5) is 0 Å². The number of carbonyl (C=O) groups excluding carboxylic acids is 1. The summed E-state index contributed by atoms with van der Waals surface area (Å²) >= 11 is 0. The van der Waals surface area contributed by atoms with Gasteiger partial charge in [0.05, 0.1) is 0 Å². The molecule has 0 heterocycles. The fourth-order valence-corrected chi connectivity index (χ4v) is 0.294. The van der Waals surface area contributed by atoms with Crippen molar-refractivity contribution in [3.05, 3.63) is 0 Å². The maximum absolute atomic E-state index is 10.6. The van der Waals surface area contributed by atoms with Crippen LogP contribution < -0.4 is 0 Å². The highest BCUT2D eigenvalue weighted by atomic mass is 16.7. The number of nitrogens with zero attached hydrogens (tertiary/aromatic N) is 1. The van der Waals surface area contributed by atoms with E-state index in [0.717, 1.165) is 0 Å². The Bertz CT molecular complexity index is 114. The lowest BCUT2D eigenvalue weighted by molar-refractivity contribution is -0.192. The van der Waals surface area contributed by atoms with E-state index in [1.54, 1.807) is 7.05 Å². The van der Waals surface area contributed by atoms with Gasteiger partial charge in [-0.3, -0.25) is 0 Å². The van der Waals surface area contributed by atoms with Crippen molar-refractivity contribution in [1.29, 1.82) is 0 Å². The van der Waals surface area contributed by atoms with E-state index in [4.69, 9.17) is 5.11 Å². The van der Waals surface area contributed by atoms with E-state index < -0.39 is 12.1 Å². The van der Waals surface area contributed by atoms with Gasteiger partial charge in [0.1, 0.15) is 0 Å². The van der Waals surface area contributed by atoms with E-state index in [1.165, 1.54) is 12.0 Å². The lowest BCUT2D eigenvalue weighted by atomic mass is 10.4. The lowest BCUT2D eigenvalue weighted by Gasteiger charge is -2.14. The normalized spacial score (nSPS) is 13.3. The molecule has 0 rings (SSSR count). The third-order valence-corrected chi connectivity index (χ3v) is 1.03. The number of aliphatic hydroxyl groups excluding tert-OH is 1. The molecule has 0 saturated heterocycles. The molecule has 1 unspecified atom stereocenters. The van der Waals surface area contributed by atoms with Gasteiger partial charge in [0.25, 0.3) is 0 Å². The summed E-state index contributed by atoms with van der Waals surface area (Å²) in [6.07, 6.45) is -1.05. The number of hydrogen-bond donors (Lipinski definition) is 1. The molecule has 0 radical (unpaired) electrons. The Labute approximate surface area is 60.3 Å². The van der Waals surface area contributed by atoms with Crippen molar-refractivity contribution < 1.29 is 14.7 Å². The van der Waals surface area contributed by atoms with E-state index in [1.807, 2.05) is 6.92 Å². The summed E-state index contributed by atoms with van der Waals surface area (Å²) in [7, 11) is 1.63. The zero-order valence-electron chi connectivity index (χ0n) is 6.50. The molecule has 4 heteroatoms. The van der Waals surface area contributed by atoms with Crippen LogP contribution in [0.5, 0.6) is 0 Å². The molecule has 0 aromatic rings. The van der Waals surface area contributed by atoms with Gasteiger partial charge in [-0.1, -0.05) is 0 Å². The zero-order chi connectivity index (χ0) is 8.15. The molecule has 0 bridgehead atoms. The van der Waals surface area contributed by atoms with Crippen molar-refractivity contribution >= 4 is 5.97 Å². The largest absolute Gasteiger partial charge is 0.382 e. The predicted octanol–water partition coefficient (Wildman–Crippen LogP) is -0.223. The SMILES string of the molecule is CCN(C)OC(=O)C(C)O. The molecule has 0 aliphatic rings. The summed E-state index contributed by atoms with van der Waals surface area (Å²) in [5, 5.41) is 10.0. The Hall–Kier alpha value is -0.610.